The van der Waals surface area contributed by atoms with Crippen molar-refractivity contribution in [1.29, 1.82) is 0 Å². The summed E-state index contributed by atoms with van der Waals surface area (Å²) in [6.45, 7) is 5.81. The van der Waals surface area contributed by atoms with E-state index in [0.29, 0.717) is 49.1 Å². The van der Waals surface area contributed by atoms with Crippen molar-refractivity contribution in [2.45, 2.75) is 19.9 Å². The summed E-state index contributed by atoms with van der Waals surface area (Å²) in [5.74, 6) is 0.836. The Balaban J connectivity index is 1.77. The molecule has 0 aliphatic carbocycles. The molecule has 9 heteroatoms. The van der Waals surface area contributed by atoms with Crippen LogP contribution in [0.15, 0.2) is 28.8 Å². The van der Waals surface area contributed by atoms with Crippen LogP contribution in [-0.4, -0.2) is 68.4 Å². The van der Waals surface area contributed by atoms with Gasteiger partial charge in [0.25, 0.3) is 5.91 Å². The van der Waals surface area contributed by atoms with Gasteiger partial charge in [-0.1, -0.05) is 19.0 Å². The first-order valence-corrected chi connectivity index (χ1v) is 9.81. The molecule has 30 heavy (non-hydrogen) atoms. The Morgan fingerprint density at radius 3 is 2.50 bits per heavy atom. The molecule has 3 rings (SSSR count). The fourth-order valence-electron chi connectivity index (χ4n) is 3.22. The zero-order valence-corrected chi connectivity index (χ0v) is 17.6. The smallest absolute Gasteiger partial charge is 0.274 e. The van der Waals surface area contributed by atoms with Gasteiger partial charge in [0.15, 0.2) is 11.5 Å². The third-order valence-electron chi connectivity index (χ3n) is 4.96. The minimum Gasteiger partial charge on any atom is -0.497 e. The largest absolute Gasteiger partial charge is 0.497 e. The third kappa shape index (κ3) is 4.73. The maximum absolute atomic E-state index is 12.9. The first kappa shape index (κ1) is 21.6. The van der Waals surface area contributed by atoms with Gasteiger partial charge in [0.05, 0.1) is 33.0 Å². The minimum atomic E-state index is -0.665. The van der Waals surface area contributed by atoms with Crippen molar-refractivity contribution < 1.29 is 28.3 Å². The van der Waals surface area contributed by atoms with E-state index in [1.54, 1.807) is 37.3 Å². The number of hydrogen-bond donors (Lipinski definition) is 1. The number of carbonyl (C=O) groups excluding carboxylic acids is 2. The molecule has 2 heterocycles. The molecule has 1 N–H and O–H groups in total. The average Bonchev–Trinajstić information content (AvgIpc) is 3.27. The van der Waals surface area contributed by atoms with Crippen molar-refractivity contribution in [3.05, 3.63) is 30.0 Å². The summed E-state index contributed by atoms with van der Waals surface area (Å²) < 4.78 is 21.3. The lowest BCUT2D eigenvalue weighted by atomic mass is 10.0. The molecule has 0 radical (unpaired) electrons. The van der Waals surface area contributed by atoms with E-state index in [4.69, 9.17) is 18.7 Å². The number of morpholine rings is 1. The van der Waals surface area contributed by atoms with Gasteiger partial charge >= 0.3 is 0 Å². The van der Waals surface area contributed by atoms with Crippen LogP contribution < -0.4 is 14.8 Å². The summed E-state index contributed by atoms with van der Waals surface area (Å²) in [6.07, 6.45) is 0. The Bertz CT molecular complexity index is 889. The second kappa shape index (κ2) is 9.62. The number of ether oxygens (including phenoxy) is 3. The van der Waals surface area contributed by atoms with E-state index in [-0.39, 0.29) is 17.5 Å². The molecule has 1 aromatic heterocycles. The highest BCUT2D eigenvalue weighted by atomic mass is 16.5. The van der Waals surface area contributed by atoms with Gasteiger partial charge in [-0.05, 0) is 24.1 Å². The van der Waals surface area contributed by atoms with Crippen molar-refractivity contribution in [3.8, 4) is 22.8 Å². The standard InChI is InChI=1S/C21H27N3O6/c1-13(2)19(21(26)24-7-9-29-10-8-24)22-20(25)16-12-18(30-23-16)15-11-14(27-3)5-6-17(15)28-4/h5-6,11-13,19H,7-10H2,1-4H3,(H,22,25). The monoisotopic (exact) mass is 417 g/mol. The Morgan fingerprint density at radius 2 is 1.87 bits per heavy atom. The maximum Gasteiger partial charge on any atom is 0.274 e. The molecular formula is C21H27N3O6. The predicted octanol–water partition coefficient (Wildman–Crippen LogP) is 1.97. The van der Waals surface area contributed by atoms with Crippen molar-refractivity contribution in [2.24, 2.45) is 5.92 Å². The molecule has 2 aromatic rings. The summed E-state index contributed by atoms with van der Waals surface area (Å²) in [6, 6.07) is 6.09. The number of nitrogens with zero attached hydrogens (tertiary/aromatic N) is 2. The van der Waals surface area contributed by atoms with Crippen LogP contribution >= 0.6 is 0 Å². The predicted molar refractivity (Wildman–Crippen MR) is 109 cm³/mol. The zero-order chi connectivity index (χ0) is 21.7. The van der Waals surface area contributed by atoms with Crippen molar-refractivity contribution in [3.63, 3.8) is 0 Å². The molecule has 1 aromatic carbocycles. The number of hydrogen-bond acceptors (Lipinski definition) is 7. The van der Waals surface area contributed by atoms with E-state index in [2.05, 4.69) is 10.5 Å². The molecule has 1 saturated heterocycles. The molecular weight excluding hydrogens is 390 g/mol. The summed E-state index contributed by atoms with van der Waals surface area (Å²) in [7, 11) is 3.10. The van der Waals surface area contributed by atoms with Gasteiger partial charge in [0, 0.05) is 19.2 Å². The highest BCUT2D eigenvalue weighted by molar-refractivity contribution is 5.97. The Kier molecular flexibility index (Phi) is 6.94. The zero-order valence-electron chi connectivity index (χ0n) is 17.6. The molecule has 9 nitrogen and oxygen atoms in total. The Labute approximate surface area is 175 Å². The van der Waals surface area contributed by atoms with Gasteiger partial charge in [-0.3, -0.25) is 9.59 Å². The molecule has 1 fully saturated rings. The van der Waals surface area contributed by atoms with E-state index in [0.717, 1.165) is 0 Å². The Hall–Kier alpha value is -3.07. The molecule has 1 unspecified atom stereocenters. The first-order valence-electron chi connectivity index (χ1n) is 9.81. The van der Waals surface area contributed by atoms with Gasteiger partial charge in [-0.25, -0.2) is 0 Å². The molecule has 1 aliphatic rings. The molecule has 1 aliphatic heterocycles. The summed E-state index contributed by atoms with van der Waals surface area (Å²) in [5.41, 5.74) is 0.684. The second-order valence-electron chi connectivity index (χ2n) is 7.28. The lowest BCUT2D eigenvalue weighted by Crippen LogP contribution is -2.53. The summed E-state index contributed by atoms with van der Waals surface area (Å²) >= 11 is 0. The van der Waals surface area contributed by atoms with Gasteiger partial charge in [0.2, 0.25) is 5.91 Å². The van der Waals surface area contributed by atoms with Crippen LogP contribution in [0.2, 0.25) is 0 Å². The number of aromatic nitrogens is 1. The van der Waals surface area contributed by atoms with Gasteiger partial charge in [0.1, 0.15) is 17.5 Å². The molecule has 0 spiro atoms. The number of nitrogens with one attached hydrogen (secondary N) is 1. The highest BCUT2D eigenvalue weighted by Gasteiger charge is 2.30. The lowest BCUT2D eigenvalue weighted by molar-refractivity contribution is -0.138. The average molecular weight is 417 g/mol. The highest BCUT2D eigenvalue weighted by Crippen LogP contribution is 2.33. The van der Waals surface area contributed by atoms with E-state index in [1.165, 1.54) is 6.07 Å². The molecule has 2 amide bonds. The minimum absolute atomic E-state index is 0.0790. The van der Waals surface area contributed by atoms with Gasteiger partial charge in [-0.2, -0.15) is 0 Å². The van der Waals surface area contributed by atoms with E-state index >= 15 is 0 Å². The topological polar surface area (TPSA) is 103 Å². The van der Waals surface area contributed by atoms with Crippen LogP contribution in [0.1, 0.15) is 24.3 Å². The van der Waals surface area contributed by atoms with Crippen molar-refractivity contribution >= 4 is 11.8 Å². The number of carbonyl (C=O) groups is 2. The molecule has 162 valence electrons. The Morgan fingerprint density at radius 1 is 1.13 bits per heavy atom. The SMILES string of the molecule is COc1ccc(OC)c(-c2cc(C(=O)NC(C(=O)N3CCOCC3)C(C)C)no2)c1. The van der Waals surface area contributed by atoms with E-state index < -0.39 is 11.9 Å². The summed E-state index contributed by atoms with van der Waals surface area (Å²) in [4.78, 5) is 27.4. The van der Waals surface area contributed by atoms with Gasteiger partial charge < -0.3 is 29.0 Å². The normalized spacial score (nSPS) is 15.0. The number of benzene rings is 1. The molecule has 0 saturated carbocycles. The first-order chi connectivity index (χ1) is 14.4. The summed E-state index contributed by atoms with van der Waals surface area (Å²) in [5, 5.41) is 6.68. The second-order valence-corrected chi connectivity index (χ2v) is 7.28. The lowest BCUT2D eigenvalue weighted by Gasteiger charge is -2.32. The van der Waals surface area contributed by atoms with E-state index in [9.17, 15) is 9.59 Å². The van der Waals surface area contributed by atoms with Crippen LogP contribution in [0, 0.1) is 5.92 Å². The van der Waals surface area contributed by atoms with Gasteiger partial charge in [-0.15, -0.1) is 0 Å². The van der Waals surface area contributed by atoms with E-state index in [1.807, 2.05) is 13.8 Å². The van der Waals surface area contributed by atoms with Crippen LogP contribution in [0.4, 0.5) is 0 Å². The third-order valence-corrected chi connectivity index (χ3v) is 4.96. The maximum atomic E-state index is 12.9. The quantitative estimate of drug-likeness (QED) is 0.735. The number of rotatable bonds is 7. The van der Waals surface area contributed by atoms with Crippen molar-refractivity contribution in [2.75, 3.05) is 40.5 Å². The van der Waals surface area contributed by atoms with Crippen LogP contribution in [0.5, 0.6) is 11.5 Å². The van der Waals surface area contributed by atoms with Crippen LogP contribution in [0.25, 0.3) is 11.3 Å². The fourth-order valence-corrected chi connectivity index (χ4v) is 3.22. The van der Waals surface area contributed by atoms with Crippen LogP contribution in [0.3, 0.4) is 0 Å². The molecule has 1 atom stereocenters. The number of amides is 2. The van der Waals surface area contributed by atoms with Crippen LogP contribution in [-0.2, 0) is 9.53 Å². The molecule has 0 bridgehead atoms. The number of methoxy groups -OCH3 is 2. The van der Waals surface area contributed by atoms with Crippen molar-refractivity contribution in [1.82, 2.24) is 15.4 Å². The fraction of sp³-hybridized carbons (Fsp3) is 0.476.